The van der Waals surface area contributed by atoms with Crippen LogP contribution in [0.15, 0.2) is 36.7 Å². The Bertz CT molecular complexity index is 1520. The largest absolute Gasteiger partial charge is 0.483 e. The molecule has 2 aliphatic heterocycles. The van der Waals surface area contributed by atoms with Gasteiger partial charge in [-0.3, -0.25) is 19.2 Å². The Balaban J connectivity index is 0.00000141. The number of halogens is 2. The number of carbonyl (C=O) groups excluding carboxylic acids is 3. The first-order valence-electron chi connectivity index (χ1n) is 13.9. The van der Waals surface area contributed by atoms with Crippen molar-refractivity contribution in [1.29, 1.82) is 0 Å². The number of piperidine rings is 1. The molecule has 4 heterocycles. The maximum absolute atomic E-state index is 13.2. The molecule has 0 spiro atoms. The lowest BCUT2D eigenvalue weighted by molar-refractivity contribution is -0.137. The number of ether oxygens (including phenoxy) is 1. The van der Waals surface area contributed by atoms with E-state index >= 15 is 0 Å². The summed E-state index contributed by atoms with van der Waals surface area (Å²) in [7, 11) is 3.21. The average molecular weight is 647 g/mol. The summed E-state index contributed by atoms with van der Waals surface area (Å²) in [5.74, 6) is 0.111. The molecule has 1 aromatic carbocycles. The number of carbonyl (C=O) groups is 4. The fourth-order valence-corrected chi connectivity index (χ4v) is 5.64. The van der Waals surface area contributed by atoms with E-state index in [1.165, 1.54) is 19.4 Å². The molecule has 0 atom stereocenters. The van der Waals surface area contributed by atoms with Crippen molar-refractivity contribution in [1.82, 2.24) is 29.7 Å². The van der Waals surface area contributed by atoms with Crippen molar-refractivity contribution in [2.45, 2.75) is 12.8 Å². The van der Waals surface area contributed by atoms with E-state index in [1.807, 2.05) is 4.90 Å². The minimum atomic E-state index is -0.458. The zero-order valence-corrected chi connectivity index (χ0v) is 25.8. The molecular weight excluding hydrogens is 613 g/mol. The maximum atomic E-state index is 13.2. The van der Waals surface area contributed by atoms with Crippen LogP contribution in [-0.2, 0) is 16.6 Å². The van der Waals surface area contributed by atoms with Gasteiger partial charge >= 0.3 is 0 Å². The number of hydrogen-bond donors (Lipinski definition) is 3. The molecule has 2 saturated heterocycles. The van der Waals surface area contributed by atoms with Crippen LogP contribution in [0.1, 0.15) is 33.8 Å². The van der Waals surface area contributed by atoms with Gasteiger partial charge in [-0.05, 0) is 44.1 Å². The van der Waals surface area contributed by atoms with E-state index in [4.69, 9.17) is 37.8 Å². The minimum Gasteiger partial charge on any atom is -0.483 e. The normalized spacial score (nSPS) is 15.2. The number of hydrogen-bond acceptors (Lipinski definition) is 8. The van der Waals surface area contributed by atoms with Gasteiger partial charge in [-0.25, -0.2) is 9.97 Å². The fourth-order valence-electron chi connectivity index (χ4n) is 5.18. The molecule has 0 bridgehead atoms. The second-order valence-corrected chi connectivity index (χ2v) is 10.9. The van der Waals surface area contributed by atoms with E-state index in [-0.39, 0.29) is 35.1 Å². The Labute approximate surface area is 264 Å². The molecular formula is C29H33Cl2N7O6. The van der Waals surface area contributed by atoms with E-state index in [1.54, 1.807) is 40.9 Å². The standard InChI is InChI=1S/C28H31Cl2N7O4.CH2O2/c1-35-23(20-14-24(41-2)32-15-22(20)30)16-33-25(35)26(38)34-18-3-4-19(21(29)13-18)28(40)37-11-9-36(10-12-37)27(39)17-5-7-31-8-6-17;2-1-3/h3-4,13-17,31H,5-12H2,1-2H3,(H,34,38);1H,(H,2,3). The van der Waals surface area contributed by atoms with Crippen molar-refractivity contribution in [2.24, 2.45) is 13.0 Å². The number of benzene rings is 1. The number of amides is 3. The van der Waals surface area contributed by atoms with Crippen LogP contribution in [0.25, 0.3) is 11.3 Å². The topological polar surface area (TPSA) is 159 Å². The van der Waals surface area contributed by atoms with Crippen molar-refractivity contribution < 1.29 is 29.0 Å². The van der Waals surface area contributed by atoms with Crippen LogP contribution in [0, 0.1) is 5.92 Å². The van der Waals surface area contributed by atoms with E-state index < -0.39 is 5.91 Å². The molecule has 3 amide bonds. The molecule has 0 unspecified atom stereocenters. The van der Waals surface area contributed by atoms with Gasteiger partial charge in [-0.1, -0.05) is 23.2 Å². The average Bonchev–Trinajstić information content (AvgIpc) is 3.42. The first-order chi connectivity index (χ1) is 21.2. The third kappa shape index (κ3) is 7.47. The van der Waals surface area contributed by atoms with Crippen LogP contribution < -0.4 is 15.4 Å². The number of rotatable bonds is 6. The Morgan fingerprint density at radius 1 is 1.02 bits per heavy atom. The highest BCUT2D eigenvalue weighted by molar-refractivity contribution is 6.34. The highest BCUT2D eigenvalue weighted by Crippen LogP contribution is 2.30. The summed E-state index contributed by atoms with van der Waals surface area (Å²) < 4.78 is 6.80. The van der Waals surface area contributed by atoms with Crippen LogP contribution in [0.2, 0.25) is 10.0 Å². The van der Waals surface area contributed by atoms with Crippen molar-refractivity contribution in [2.75, 3.05) is 51.7 Å². The van der Waals surface area contributed by atoms with Gasteiger partial charge in [0, 0.05) is 56.5 Å². The smallest absolute Gasteiger partial charge is 0.291 e. The SMILES string of the molecule is COc1cc(-c2cnc(C(=O)Nc3ccc(C(=O)N4CCN(C(=O)C5CCNCC5)CC4)c(Cl)c3)n2C)c(Cl)cn1.O=CO. The lowest BCUT2D eigenvalue weighted by atomic mass is 9.96. The first kappa shape index (κ1) is 32.7. The zero-order valence-electron chi connectivity index (χ0n) is 24.3. The van der Waals surface area contributed by atoms with Crippen LogP contribution in [0.4, 0.5) is 5.69 Å². The van der Waals surface area contributed by atoms with Gasteiger partial charge in [0.1, 0.15) is 0 Å². The third-order valence-electron chi connectivity index (χ3n) is 7.53. The number of carboxylic acid groups (broad SMARTS) is 1. The Kier molecular flexibility index (Phi) is 11.1. The van der Waals surface area contributed by atoms with E-state index in [2.05, 4.69) is 20.6 Å². The van der Waals surface area contributed by atoms with Crippen molar-refractivity contribution >= 4 is 53.1 Å². The van der Waals surface area contributed by atoms with Gasteiger partial charge in [0.05, 0.1) is 40.8 Å². The van der Waals surface area contributed by atoms with E-state index in [0.717, 1.165) is 25.9 Å². The predicted molar refractivity (Wildman–Crippen MR) is 164 cm³/mol. The molecule has 5 rings (SSSR count). The summed E-state index contributed by atoms with van der Waals surface area (Å²) in [6, 6.07) is 6.43. The summed E-state index contributed by atoms with van der Waals surface area (Å²) in [4.78, 5) is 59.4. The van der Waals surface area contributed by atoms with E-state index in [9.17, 15) is 14.4 Å². The van der Waals surface area contributed by atoms with Crippen molar-refractivity contribution in [3.63, 3.8) is 0 Å². The summed E-state index contributed by atoms with van der Waals surface area (Å²) in [5, 5.41) is 13.6. The number of aromatic nitrogens is 3. The van der Waals surface area contributed by atoms with Crippen LogP contribution in [-0.4, -0.2) is 100 Å². The molecule has 234 valence electrons. The molecule has 2 aliphatic rings. The van der Waals surface area contributed by atoms with Gasteiger partial charge < -0.3 is 34.8 Å². The second kappa shape index (κ2) is 15.0. The minimum absolute atomic E-state index is 0.0602. The Morgan fingerprint density at radius 2 is 1.68 bits per heavy atom. The van der Waals surface area contributed by atoms with Crippen LogP contribution in [0.3, 0.4) is 0 Å². The van der Waals surface area contributed by atoms with Crippen LogP contribution >= 0.6 is 23.2 Å². The Hall–Kier alpha value is -4.20. The Morgan fingerprint density at radius 3 is 2.32 bits per heavy atom. The number of piperazine rings is 1. The third-order valence-corrected chi connectivity index (χ3v) is 8.14. The molecule has 44 heavy (non-hydrogen) atoms. The molecule has 0 aliphatic carbocycles. The van der Waals surface area contributed by atoms with Gasteiger partial charge in [-0.2, -0.15) is 0 Å². The molecule has 2 fully saturated rings. The zero-order chi connectivity index (χ0) is 31.8. The lowest BCUT2D eigenvalue weighted by Crippen LogP contribution is -2.52. The van der Waals surface area contributed by atoms with Crippen molar-refractivity contribution in [3.8, 4) is 17.1 Å². The van der Waals surface area contributed by atoms with Crippen molar-refractivity contribution in [3.05, 3.63) is 58.1 Å². The second-order valence-electron chi connectivity index (χ2n) is 10.1. The van der Waals surface area contributed by atoms with Gasteiger partial charge in [-0.15, -0.1) is 0 Å². The number of anilines is 1. The number of nitrogens with zero attached hydrogens (tertiary/aromatic N) is 5. The predicted octanol–water partition coefficient (Wildman–Crippen LogP) is 3.03. The first-order valence-corrected chi connectivity index (χ1v) is 14.6. The van der Waals surface area contributed by atoms with Gasteiger partial charge in [0.2, 0.25) is 11.8 Å². The highest BCUT2D eigenvalue weighted by atomic mass is 35.5. The molecule has 0 radical (unpaired) electrons. The molecule has 3 aromatic rings. The molecule has 3 N–H and O–H groups in total. The summed E-state index contributed by atoms with van der Waals surface area (Å²) in [5.41, 5.74) is 1.98. The summed E-state index contributed by atoms with van der Waals surface area (Å²) in [6.45, 7) is 3.37. The number of imidazole rings is 1. The lowest BCUT2D eigenvalue weighted by Gasteiger charge is -2.37. The quantitative estimate of drug-likeness (QED) is 0.342. The number of nitrogens with one attached hydrogen (secondary N) is 2. The monoisotopic (exact) mass is 645 g/mol. The number of methoxy groups -OCH3 is 1. The van der Waals surface area contributed by atoms with Gasteiger partial charge in [0.15, 0.2) is 5.82 Å². The molecule has 15 heteroatoms. The summed E-state index contributed by atoms with van der Waals surface area (Å²) in [6.07, 6.45) is 4.73. The number of pyridine rings is 1. The molecule has 0 saturated carbocycles. The van der Waals surface area contributed by atoms with E-state index in [0.29, 0.717) is 59.6 Å². The molecule has 2 aromatic heterocycles. The summed E-state index contributed by atoms with van der Waals surface area (Å²) >= 11 is 12.8. The molecule has 13 nitrogen and oxygen atoms in total. The highest BCUT2D eigenvalue weighted by Gasteiger charge is 2.30. The maximum Gasteiger partial charge on any atom is 0.291 e. The van der Waals surface area contributed by atoms with Crippen LogP contribution in [0.5, 0.6) is 5.88 Å². The fraction of sp³-hybridized carbons (Fsp3) is 0.379. The van der Waals surface area contributed by atoms with Gasteiger partial charge in [0.25, 0.3) is 18.3 Å².